The van der Waals surface area contributed by atoms with Gasteiger partial charge in [-0.15, -0.1) is 0 Å². The molecule has 0 radical (unpaired) electrons. The van der Waals surface area contributed by atoms with Gasteiger partial charge in [-0.1, -0.05) is 0 Å². The monoisotopic (exact) mass is 237 g/mol. The van der Waals surface area contributed by atoms with E-state index in [4.69, 9.17) is 10.5 Å². The summed E-state index contributed by atoms with van der Waals surface area (Å²) in [6.07, 6.45) is 2.49. The maximum absolute atomic E-state index is 5.59. The minimum atomic E-state index is 0.228. The SMILES string of the molecule is COc1cc(NCC2CCCN2C)nc(N)n1. The summed E-state index contributed by atoms with van der Waals surface area (Å²) >= 11 is 0. The molecule has 2 heterocycles. The highest BCUT2D eigenvalue weighted by Crippen LogP contribution is 2.17. The molecule has 1 saturated heterocycles. The molecule has 0 aromatic carbocycles. The quantitative estimate of drug-likeness (QED) is 0.797. The van der Waals surface area contributed by atoms with Crippen LogP contribution in [0.3, 0.4) is 0 Å². The molecule has 2 rings (SSSR count). The molecule has 17 heavy (non-hydrogen) atoms. The Balaban J connectivity index is 1.96. The fraction of sp³-hybridized carbons (Fsp3) is 0.636. The van der Waals surface area contributed by atoms with Crippen molar-refractivity contribution in [2.45, 2.75) is 18.9 Å². The van der Waals surface area contributed by atoms with Crippen LogP contribution in [0.1, 0.15) is 12.8 Å². The number of likely N-dealkylation sites (N-methyl/N-ethyl adjacent to an activating group) is 1. The van der Waals surface area contributed by atoms with Crippen molar-refractivity contribution in [3.05, 3.63) is 6.07 Å². The number of hydrogen-bond acceptors (Lipinski definition) is 6. The average molecular weight is 237 g/mol. The summed E-state index contributed by atoms with van der Waals surface area (Å²) in [6, 6.07) is 2.32. The lowest BCUT2D eigenvalue weighted by atomic mass is 10.2. The number of anilines is 2. The second-order valence-electron chi connectivity index (χ2n) is 4.31. The number of ether oxygens (including phenoxy) is 1. The molecule has 94 valence electrons. The Hall–Kier alpha value is -1.56. The maximum Gasteiger partial charge on any atom is 0.225 e. The van der Waals surface area contributed by atoms with Crippen LogP contribution in [0.2, 0.25) is 0 Å². The fourth-order valence-electron chi connectivity index (χ4n) is 2.10. The van der Waals surface area contributed by atoms with Gasteiger partial charge in [0.1, 0.15) is 5.82 Å². The zero-order valence-electron chi connectivity index (χ0n) is 10.3. The molecule has 0 bridgehead atoms. The number of rotatable bonds is 4. The highest BCUT2D eigenvalue weighted by Gasteiger charge is 2.20. The van der Waals surface area contributed by atoms with Gasteiger partial charge in [0.2, 0.25) is 11.8 Å². The van der Waals surface area contributed by atoms with Crippen LogP contribution in [0.4, 0.5) is 11.8 Å². The van der Waals surface area contributed by atoms with Crippen molar-refractivity contribution in [3.63, 3.8) is 0 Å². The predicted octanol–water partition coefficient (Wildman–Crippen LogP) is 0.573. The molecule has 1 aromatic rings. The van der Waals surface area contributed by atoms with E-state index in [1.54, 1.807) is 13.2 Å². The molecule has 1 fully saturated rings. The lowest BCUT2D eigenvalue weighted by molar-refractivity contribution is 0.322. The number of nitrogens with zero attached hydrogens (tertiary/aromatic N) is 3. The van der Waals surface area contributed by atoms with Crippen LogP contribution >= 0.6 is 0 Å². The molecule has 1 aliphatic heterocycles. The Kier molecular flexibility index (Phi) is 3.63. The fourth-order valence-corrected chi connectivity index (χ4v) is 2.10. The summed E-state index contributed by atoms with van der Waals surface area (Å²) < 4.78 is 5.05. The van der Waals surface area contributed by atoms with Crippen LogP contribution in [-0.2, 0) is 0 Å². The summed E-state index contributed by atoms with van der Waals surface area (Å²) in [5, 5.41) is 3.28. The molecule has 1 aliphatic rings. The third kappa shape index (κ3) is 2.97. The van der Waals surface area contributed by atoms with E-state index in [9.17, 15) is 0 Å². The topological polar surface area (TPSA) is 76.3 Å². The first-order valence-electron chi connectivity index (χ1n) is 5.81. The second kappa shape index (κ2) is 5.18. The molecule has 6 nitrogen and oxygen atoms in total. The molecule has 0 spiro atoms. The summed E-state index contributed by atoms with van der Waals surface area (Å²) in [6.45, 7) is 2.04. The van der Waals surface area contributed by atoms with E-state index in [2.05, 4.69) is 27.2 Å². The van der Waals surface area contributed by atoms with Crippen molar-refractivity contribution in [3.8, 4) is 5.88 Å². The highest BCUT2D eigenvalue weighted by atomic mass is 16.5. The van der Waals surface area contributed by atoms with Crippen LogP contribution in [0.15, 0.2) is 6.07 Å². The lowest BCUT2D eigenvalue weighted by Gasteiger charge is -2.20. The summed E-state index contributed by atoms with van der Waals surface area (Å²) in [5.41, 5.74) is 5.59. The zero-order valence-corrected chi connectivity index (χ0v) is 10.3. The molecule has 0 saturated carbocycles. The van der Waals surface area contributed by atoms with Crippen molar-refractivity contribution in [2.24, 2.45) is 0 Å². The highest BCUT2D eigenvalue weighted by molar-refractivity contribution is 5.42. The van der Waals surface area contributed by atoms with Gasteiger partial charge in [0, 0.05) is 18.7 Å². The Morgan fingerprint density at radius 3 is 3.06 bits per heavy atom. The van der Waals surface area contributed by atoms with E-state index in [-0.39, 0.29) is 5.95 Å². The zero-order chi connectivity index (χ0) is 12.3. The molecule has 1 unspecified atom stereocenters. The molecule has 1 atom stereocenters. The van der Waals surface area contributed by atoms with E-state index in [0.29, 0.717) is 11.9 Å². The minimum absolute atomic E-state index is 0.228. The Morgan fingerprint density at radius 1 is 1.59 bits per heavy atom. The van der Waals surface area contributed by atoms with E-state index >= 15 is 0 Å². The number of aromatic nitrogens is 2. The number of nitrogen functional groups attached to an aromatic ring is 1. The van der Waals surface area contributed by atoms with Gasteiger partial charge in [0.25, 0.3) is 0 Å². The van der Waals surface area contributed by atoms with Gasteiger partial charge in [-0.3, -0.25) is 0 Å². The van der Waals surface area contributed by atoms with Crippen LogP contribution in [0.25, 0.3) is 0 Å². The summed E-state index contributed by atoms with van der Waals surface area (Å²) in [7, 11) is 3.71. The number of nitrogens with two attached hydrogens (primary N) is 1. The molecule has 0 aliphatic carbocycles. The number of methoxy groups -OCH3 is 1. The van der Waals surface area contributed by atoms with Gasteiger partial charge in [0.05, 0.1) is 7.11 Å². The van der Waals surface area contributed by atoms with Crippen LogP contribution < -0.4 is 15.8 Å². The first-order valence-corrected chi connectivity index (χ1v) is 5.81. The Bertz CT molecular complexity index is 384. The standard InChI is InChI=1S/C11H19N5O/c1-16-5-3-4-8(16)7-13-9-6-10(17-2)15-11(12)14-9/h6,8H,3-5,7H2,1-2H3,(H3,12,13,14,15). The molecule has 0 amide bonds. The smallest absolute Gasteiger partial charge is 0.225 e. The van der Waals surface area contributed by atoms with Crippen LogP contribution in [0.5, 0.6) is 5.88 Å². The van der Waals surface area contributed by atoms with Crippen molar-refractivity contribution < 1.29 is 4.74 Å². The normalized spacial score (nSPS) is 20.5. The van der Waals surface area contributed by atoms with Crippen molar-refractivity contribution in [2.75, 3.05) is 38.3 Å². The Morgan fingerprint density at radius 2 is 2.41 bits per heavy atom. The van der Waals surface area contributed by atoms with Crippen LogP contribution in [0, 0.1) is 0 Å². The molecule has 3 N–H and O–H groups in total. The third-order valence-corrected chi connectivity index (χ3v) is 3.12. The Labute approximate surface area is 101 Å². The number of likely N-dealkylation sites (tertiary alicyclic amines) is 1. The predicted molar refractivity (Wildman–Crippen MR) is 67.1 cm³/mol. The first-order chi connectivity index (χ1) is 8.19. The van der Waals surface area contributed by atoms with E-state index < -0.39 is 0 Å². The van der Waals surface area contributed by atoms with Crippen molar-refractivity contribution in [1.29, 1.82) is 0 Å². The largest absolute Gasteiger partial charge is 0.481 e. The third-order valence-electron chi connectivity index (χ3n) is 3.12. The maximum atomic E-state index is 5.59. The lowest BCUT2D eigenvalue weighted by Crippen LogP contribution is -2.31. The summed E-state index contributed by atoms with van der Waals surface area (Å²) in [5.74, 6) is 1.43. The summed E-state index contributed by atoms with van der Waals surface area (Å²) in [4.78, 5) is 10.4. The van der Waals surface area contributed by atoms with Gasteiger partial charge in [-0.2, -0.15) is 9.97 Å². The second-order valence-corrected chi connectivity index (χ2v) is 4.31. The van der Waals surface area contributed by atoms with Gasteiger partial charge >= 0.3 is 0 Å². The van der Waals surface area contributed by atoms with E-state index in [0.717, 1.165) is 12.4 Å². The molecule has 6 heteroatoms. The van der Waals surface area contributed by atoms with E-state index in [1.165, 1.54) is 19.4 Å². The average Bonchev–Trinajstić information content (AvgIpc) is 2.71. The van der Waals surface area contributed by atoms with Gasteiger partial charge < -0.3 is 20.7 Å². The van der Waals surface area contributed by atoms with Crippen molar-refractivity contribution in [1.82, 2.24) is 14.9 Å². The van der Waals surface area contributed by atoms with Crippen molar-refractivity contribution >= 4 is 11.8 Å². The van der Waals surface area contributed by atoms with Gasteiger partial charge in [-0.05, 0) is 26.4 Å². The van der Waals surface area contributed by atoms with Crippen LogP contribution in [-0.4, -0.2) is 48.2 Å². The minimum Gasteiger partial charge on any atom is -0.481 e. The number of nitrogens with one attached hydrogen (secondary N) is 1. The molecular formula is C11H19N5O. The first kappa shape index (κ1) is 11.9. The van der Waals surface area contributed by atoms with E-state index in [1.807, 2.05) is 0 Å². The van der Waals surface area contributed by atoms with Gasteiger partial charge in [0.15, 0.2) is 0 Å². The molecule has 1 aromatic heterocycles. The van der Waals surface area contributed by atoms with Gasteiger partial charge in [-0.25, -0.2) is 0 Å². The number of hydrogen-bond donors (Lipinski definition) is 2. The molecular weight excluding hydrogens is 218 g/mol.